The molecule has 0 amide bonds. The van der Waals surface area contributed by atoms with Gasteiger partial charge < -0.3 is 15.4 Å². The van der Waals surface area contributed by atoms with Crippen LogP contribution in [0.5, 0.6) is 5.75 Å². The lowest BCUT2D eigenvalue weighted by Gasteiger charge is -2.20. The van der Waals surface area contributed by atoms with Gasteiger partial charge in [0.15, 0.2) is 0 Å². The maximum Gasteiger partial charge on any atom is 0.122 e. The van der Waals surface area contributed by atoms with Crippen molar-refractivity contribution in [3.63, 3.8) is 0 Å². The minimum absolute atomic E-state index is 0.306. The zero-order valence-corrected chi connectivity index (χ0v) is 12.9. The van der Waals surface area contributed by atoms with E-state index in [1.165, 1.54) is 11.1 Å². The van der Waals surface area contributed by atoms with Gasteiger partial charge in [0, 0.05) is 12.5 Å². The van der Waals surface area contributed by atoms with E-state index in [9.17, 15) is 0 Å². The van der Waals surface area contributed by atoms with Crippen molar-refractivity contribution < 1.29 is 4.74 Å². The minimum Gasteiger partial charge on any atom is -0.493 e. The van der Waals surface area contributed by atoms with Crippen LogP contribution in [0.1, 0.15) is 37.8 Å². The minimum atomic E-state index is 0.306. The van der Waals surface area contributed by atoms with Crippen LogP contribution in [0.25, 0.3) is 0 Å². The summed E-state index contributed by atoms with van der Waals surface area (Å²) in [5.41, 5.74) is 9.00. The van der Waals surface area contributed by atoms with Crippen molar-refractivity contribution in [1.82, 2.24) is 4.90 Å². The van der Waals surface area contributed by atoms with Gasteiger partial charge in [0.25, 0.3) is 0 Å². The fourth-order valence-corrected chi connectivity index (χ4v) is 2.78. The number of hydrogen-bond acceptors (Lipinski definition) is 3. The van der Waals surface area contributed by atoms with Crippen molar-refractivity contribution in [2.75, 3.05) is 26.2 Å². The van der Waals surface area contributed by atoms with Gasteiger partial charge in [-0.05, 0) is 56.1 Å². The molecule has 3 heteroatoms. The quantitative estimate of drug-likeness (QED) is 0.793. The molecule has 0 spiro atoms. The molecule has 1 aromatic carbocycles. The van der Waals surface area contributed by atoms with Gasteiger partial charge in [0.1, 0.15) is 5.75 Å². The molecule has 0 aromatic heterocycles. The van der Waals surface area contributed by atoms with Crippen LogP contribution in [-0.2, 0) is 12.8 Å². The molecule has 20 heavy (non-hydrogen) atoms. The third-order valence-electron chi connectivity index (χ3n) is 4.27. The van der Waals surface area contributed by atoms with Crippen LogP contribution in [0.3, 0.4) is 0 Å². The Balaban J connectivity index is 1.74. The Labute approximate surface area is 123 Å². The third kappa shape index (κ3) is 4.22. The monoisotopic (exact) mass is 276 g/mol. The van der Waals surface area contributed by atoms with E-state index in [4.69, 9.17) is 10.5 Å². The molecule has 2 N–H and O–H groups in total. The van der Waals surface area contributed by atoms with Gasteiger partial charge in [-0.15, -0.1) is 0 Å². The first-order chi connectivity index (χ1) is 9.72. The van der Waals surface area contributed by atoms with Gasteiger partial charge >= 0.3 is 0 Å². The zero-order valence-electron chi connectivity index (χ0n) is 12.9. The number of nitrogens with zero attached hydrogens (tertiary/aromatic N) is 1. The normalized spacial score (nSPS) is 15.2. The largest absolute Gasteiger partial charge is 0.493 e. The van der Waals surface area contributed by atoms with E-state index in [1.54, 1.807) is 0 Å². The molecule has 0 aliphatic carbocycles. The van der Waals surface area contributed by atoms with E-state index >= 15 is 0 Å². The van der Waals surface area contributed by atoms with Gasteiger partial charge in [-0.3, -0.25) is 0 Å². The summed E-state index contributed by atoms with van der Waals surface area (Å²) in [6.45, 7) is 8.61. The molecule has 1 aliphatic rings. The van der Waals surface area contributed by atoms with Crippen LogP contribution < -0.4 is 10.5 Å². The van der Waals surface area contributed by atoms with Crippen molar-refractivity contribution in [2.45, 2.75) is 45.6 Å². The smallest absolute Gasteiger partial charge is 0.122 e. The van der Waals surface area contributed by atoms with Crippen molar-refractivity contribution in [3.05, 3.63) is 29.3 Å². The second-order valence-electron chi connectivity index (χ2n) is 5.65. The molecule has 0 saturated carbocycles. The molecule has 0 radical (unpaired) electrons. The Kier molecular flexibility index (Phi) is 5.86. The first kappa shape index (κ1) is 15.3. The van der Waals surface area contributed by atoms with Crippen LogP contribution in [0.15, 0.2) is 18.2 Å². The van der Waals surface area contributed by atoms with Gasteiger partial charge in [0.05, 0.1) is 6.61 Å². The number of hydrogen-bond donors (Lipinski definition) is 1. The summed E-state index contributed by atoms with van der Waals surface area (Å²) in [7, 11) is 0. The zero-order chi connectivity index (χ0) is 14.4. The number of benzene rings is 1. The van der Waals surface area contributed by atoms with Crippen LogP contribution in [-0.4, -0.2) is 37.2 Å². The molecule has 1 atom stereocenters. The number of ether oxygens (including phenoxy) is 1. The highest BCUT2D eigenvalue weighted by atomic mass is 16.5. The van der Waals surface area contributed by atoms with E-state index in [2.05, 4.69) is 36.9 Å². The van der Waals surface area contributed by atoms with Crippen LogP contribution in [0, 0.1) is 0 Å². The second kappa shape index (κ2) is 7.65. The van der Waals surface area contributed by atoms with E-state index in [0.29, 0.717) is 6.04 Å². The summed E-state index contributed by atoms with van der Waals surface area (Å²) in [6, 6.07) is 6.89. The SMILES string of the molecule is CCN(CC)CCC(N)CCc1ccc2c(c1)CCO2. The Morgan fingerprint density at radius 1 is 1.25 bits per heavy atom. The summed E-state index contributed by atoms with van der Waals surface area (Å²) in [5, 5.41) is 0. The van der Waals surface area contributed by atoms with Gasteiger partial charge in [0.2, 0.25) is 0 Å². The van der Waals surface area contributed by atoms with Crippen molar-refractivity contribution in [2.24, 2.45) is 5.73 Å². The van der Waals surface area contributed by atoms with Crippen molar-refractivity contribution >= 4 is 0 Å². The highest BCUT2D eigenvalue weighted by Crippen LogP contribution is 2.26. The third-order valence-corrected chi connectivity index (χ3v) is 4.27. The molecule has 0 bridgehead atoms. The van der Waals surface area contributed by atoms with Gasteiger partial charge in [-0.1, -0.05) is 26.0 Å². The number of fused-ring (bicyclic) bond motifs is 1. The van der Waals surface area contributed by atoms with Gasteiger partial charge in [-0.2, -0.15) is 0 Å². The second-order valence-corrected chi connectivity index (χ2v) is 5.65. The van der Waals surface area contributed by atoms with Crippen LogP contribution >= 0.6 is 0 Å². The maximum atomic E-state index is 6.24. The van der Waals surface area contributed by atoms with E-state index < -0.39 is 0 Å². The van der Waals surface area contributed by atoms with E-state index in [-0.39, 0.29) is 0 Å². The summed E-state index contributed by atoms with van der Waals surface area (Å²) < 4.78 is 5.54. The summed E-state index contributed by atoms with van der Waals surface area (Å²) >= 11 is 0. The topological polar surface area (TPSA) is 38.5 Å². The van der Waals surface area contributed by atoms with Crippen LogP contribution in [0.2, 0.25) is 0 Å². The Hall–Kier alpha value is -1.06. The first-order valence-corrected chi connectivity index (χ1v) is 7.95. The number of rotatable bonds is 8. The lowest BCUT2D eigenvalue weighted by atomic mass is 10.0. The van der Waals surface area contributed by atoms with E-state index in [1.807, 2.05) is 0 Å². The molecule has 0 fully saturated rings. The van der Waals surface area contributed by atoms with E-state index in [0.717, 1.165) is 57.7 Å². The number of aryl methyl sites for hydroxylation is 1. The Bertz CT molecular complexity index is 415. The summed E-state index contributed by atoms with van der Waals surface area (Å²) in [5.74, 6) is 1.07. The molecule has 2 rings (SSSR count). The van der Waals surface area contributed by atoms with Crippen LogP contribution in [0.4, 0.5) is 0 Å². The molecule has 112 valence electrons. The highest BCUT2D eigenvalue weighted by Gasteiger charge is 2.12. The van der Waals surface area contributed by atoms with Crippen molar-refractivity contribution in [1.29, 1.82) is 0 Å². The summed E-state index contributed by atoms with van der Waals surface area (Å²) in [6.07, 6.45) is 4.29. The Morgan fingerprint density at radius 3 is 2.80 bits per heavy atom. The molecular weight excluding hydrogens is 248 g/mol. The first-order valence-electron chi connectivity index (χ1n) is 7.95. The fourth-order valence-electron chi connectivity index (χ4n) is 2.78. The lowest BCUT2D eigenvalue weighted by Crippen LogP contribution is -2.30. The highest BCUT2D eigenvalue weighted by molar-refractivity contribution is 5.39. The lowest BCUT2D eigenvalue weighted by molar-refractivity contribution is 0.288. The molecule has 1 unspecified atom stereocenters. The van der Waals surface area contributed by atoms with Gasteiger partial charge in [-0.25, -0.2) is 0 Å². The fraction of sp³-hybridized carbons (Fsp3) is 0.647. The maximum absolute atomic E-state index is 6.24. The molecule has 0 saturated heterocycles. The average Bonchev–Trinajstić information content (AvgIpc) is 2.93. The molecule has 1 aromatic rings. The number of nitrogens with two attached hydrogens (primary N) is 1. The molecule has 1 aliphatic heterocycles. The summed E-state index contributed by atoms with van der Waals surface area (Å²) in [4.78, 5) is 2.44. The predicted molar refractivity (Wildman–Crippen MR) is 84.3 cm³/mol. The molecule has 1 heterocycles. The predicted octanol–water partition coefficient (Wildman–Crippen LogP) is 2.61. The van der Waals surface area contributed by atoms with Crippen molar-refractivity contribution in [3.8, 4) is 5.75 Å². The molecule has 3 nitrogen and oxygen atoms in total. The standard InChI is InChI=1S/C17H28N2O/c1-3-19(4-2)11-9-16(18)7-5-14-6-8-17-15(13-14)10-12-20-17/h6,8,13,16H,3-5,7,9-12,18H2,1-2H3. The average molecular weight is 276 g/mol. The Morgan fingerprint density at radius 2 is 2.05 bits per heavy atom. The molecular formula is C17H28N2O.